The first-order chi connectivity index (χ1) is 10.4. The third kappa shape index (κ3) is 2.98. The van der Waals surface area contributed by atoms with Gasteiger partial charge in [0, 0.05) is 11.3 Å². The van der Waals surface area contributed by atoms with Gasteiger partial charge in [0.2, 0.25) is 0 Å². The van der Waals surface area contributed by atoms with Gasteiger partial charge in [-0.2, -0.15) is 0 Å². The standard InChI is InChI=1S/C19H21NO2/c1-13-6-4-5-7-16(13)18(21)20-15-8-9-17-14(12-15)10-11-19(2,3)22-17/h4-9,12H,10-11H2,1-3H3,(H,20,21). The van der Waals surface area contributed by atoms with Gasteiger partial charge in [-0.25, -0.2) is 0 Å². The molecule has 1 aliphatic rings. The summed E-state index contributed by atoms with van der Waals surface area (Å²) in [6.45, 7) is 6.14. The van der Waals surface area contributed by atoms with Gasteiger partial charge in [0.25, 0.3) is 5.91 Å². The molecule has 0 aromatic heterocycles. The maximum atomic E-state index is 12.4. The predicted octanol–water partition coefficient (Wildman–Crippen LogP) is 4.35. The number of hydrogen-bond donors (Lipinski definition) is 1. The molecule has 0 aliphatic carbocycles. The Labute approximate surface area is 131 Å². The third-order valence-corrected chi connectivity index (χ3v) is 4.09. The first-order valence-electron chi connectivity index (χ1n) is 7.63. The van der Waals surface area contributed by atoms with Crippen LogP contribution < -0.4 is 10.1 Å². The highest BCUT2D eigenvalue weighted by atomic mass is 16.5. The van der Waals surface area contributed by atoms with E-state index in [0.717, 1.165) is 35.4 Å². The van der Waals surface area contributed by atoms with Crippen LogP contribution in [0, 0.1) is 6.92 Å². The van der Waals surface area contributed by atoms with E-state index in [1.54, 1.807) is 0 Å². The lowest BCUT2D eigenvalue weighted by Gasteiger charge is -2.32. The van der Waals surface area contributed by atoms with E-state index in [-0.39, 0.29) is 11.5 Å². The fraction of sp³-hybridized carbons (Fsp3) is 0.316. The lowest BCUT2D eigenvalue weighted by Crippen LogP contribution is -2.32. The fourth-order valence-electron chi connectivity index (χ4n) is 2.76. The first-order valence-corrected chi connectivity index (χ1v) is 7.63. The zero-order chi connectivity index (χ0) is 15.7. The Morgan fingerprint density at radius 1 is 1.18 bits per heavy atom. The SMILES string of the molecule is Cc1ccccc1C(=O)Nc1ccc2c(c1)CCC(C)(C)O2. The lowest BCUT2D eigenvalue weighted by molar-refractivity contribution is 0.0847. The van der Waals surface area contributed by atoms with Crippen molar-refractivity contribution in [3.63, 3.8) is 0 Å². The molecule has 0 saturated carbocycles. The van der Waals surface area contributed by atoms with Crippen molar-refractivity contribution >= 4 is 11.6 Å². The van der Waals surface area contributed by atoms with Crippen LogP contribution in [-0.4, -0.2) is 11.5 Å². The highest BCUT2D eigenvalue weighted by Gasteiger charge is 2.26. The number of carbonyl (C=O) groups excluding carboxylic acids is 1. The summed E-state index contributed by atoms with van der Waals surface area (Å²) in [4.78, 5) is 12.4. The van der Waals surface area contributed by atoms with E-state index in [4.69, 9.17) is 4.74 Å². The Kier molecular flexibility index (Phi) is 3.65. The van der Waals surface area contributed by atoms with Crippen LogP contribution in [0.5, 0.6) is 5.75 Å². The number of fused-ring (bicyclic) bond motifs is 1. The molecule has 0 atom stereocenters. The molecule has 114 valence electrons. The van der Waals surface area contributed by atoms with Crippen molar-refractivity contribution in [2.24, 2.45) is 0 Å². The molecule has 3 heteroatoms. The molecule has 1 N–H and O–H groups in total. The summed E-state index contributed by atoms with van der Waals surface area (Å²) in [6, 6.07) is 13.5. The molecule has 0 saturated heterocycles. The summed E-state index contributed by atoms with van der Waals surface area (Å²) in [5.74, 6) is 0.847. The van der Waals surface area contributed by atoms with Crippen LogP contribution in [0.25, 0.3) is 0 Å². The zero-order valence-corrected chi connectivity index (χ0v) is 13.3. The maximum absolute atomic E-state index is 12.4. The monoisotopic (exact) mass is 295 g/mol. The molecular formula is C19H21NO2. The van der Waals surface area contributed by atoms with Crippen molar-refractivity contribution in [3.05, 3.63) is 59.2 Å². The molecule has 0 bridgehead atoms. The first kappa shape index (κ1) is 14.6. The summed E-state index contributed by atoms with van der Waals surface area (Å²) >= 11 is 0. The quantitative estimate of drug-likeness (QED) is 0.894. The minimum absolute atomic E-state index is 0.0740. The van der Waals surface area contributed by atoms with Crippen LogP contribution in [0.4, 0.5) is 5.69 Å². The number of hydrogen-bond acceptors (Lipinski definition) is 2. The van der Waals surface area contributed by atoms with Gasteiger partial charge >= 0.3 is 0 Å². The van der Waals surface area contributed by atoms with Crippen molar-refractivity contribution in [1.82, 2.24) is 0 Å². The van der Waals surface area contributed by atoms with E-state index in [9.17, 15) is 4.79 Å². The summed E-state index contributed by atoms with van der Waals surface area (Å²) < 4.78 is 5.97. The van der Waals surface area contributed by atoms with Crippen LogP contribution in [0.15, 0.2) is 42.5 Å². The number of benzene rings is 2. The second-order valence-electron chi connectivity index (χ2n) is 6.45. The highest BCUT2D eigenvalue weighted by molar-refractivity contribution is 6.05. The number of aryl methyl sites for hydroxylation is 2. The van der Waals surface area contributed by atoms with Crippen LogP contribution in [0.3, 0.4) is 0 Å². The second-order valence-corrected chi connectivity index (χ2v) is 6.45. The molecule has 0 fully saturated rings. The molecule has 22 heavy (non-hydrogen) atoms. The minimum Gasteiger partial charge on any atom is -0.488 e. The van der Waals surface area contributed by atoms with E-state index in [1.807, 2.05) is 49.4 Å². The fourth-order valence-corrected chi connectivity index (χ4v) is 2.76. The normalized spacial score (nSPS) is 15.6. The van der Waals surface area contributed by atoms with Crippen LogP contribution in [0.2, 0.25) is 0 Å². The molecule has 0 radical (unpaired) electrons. The summed E-state index contributed by atoms with van der Waals surface area (Å²) in [7, 11) is 0. The van der Waals surface area contributed by atoms with Gasteiger partial charge in [0.1, 0.15) is 11.4 Å². The van der Waals surface area contributed by atoms with Crippen molar-refractivity contribution in [2.45, 2.75) is 39.2 Å². The van der Waals surface area contributed by atoms with Gasteiger partial charge < -0.3 is 10.1 Å². The summed E-state index contributed by atoms with van der Waals surface area (Å²) in [6.07, 6.45) is 1.95. The summed E-state index contributed by atoms with van der Waals surface area (Å²) in [5, 5.41) is 2.98. The number of amides is 1. The topological polar surface area (TPSA) is 38.3 Å². The Hall–Kier alpha value is -2.29. The molecular weight excluding hydrogens is 274 g/mol. The summed E-state index contributed by atoms with van der Waals surface area (Å²) in [5.41, 5.74) is 3.54. The average Bonchev–Trinajstić information content (AvgIpc) is 2.47. The number of anilines is 1. The minimum atomic E-state index is -0.112. The van der Waals surface area contributed by atoms with Crippen molar-refractivity contribution in [1.29, 1.82) is 0 Å². The maximum Gasteiger partial charge on any atom is 0.255 e. The molecule has 2 aromatic carbocycles. The van der Waals surface area contributed by atoms with Gasteiger partial charge in [-0.05, 0) is 69.0 Å². The Balaban J connectivity index is 1.80. The van der Waals surface area contributed by atoms with Gasteiger partial charge in [0.15, 0.2) is 0 Å². The Morgan fingerprint density at radius 3 is 2.73 bits per heavy atom. The number of rotatable bonds is 2. The average molecular weight is 295 g/mol. The van der Waals surface area contributed by atoms with Crippen LogP contribution >= 0.6 is 0 Å². The Bertz CT molecular complexity index is 719. The van der Waals surface area contributed by atoms with Crippen molar-refractivity contribution in [3.8, 4) is 5.75 Å². The molecule has 3 nitrogen and oxygen atoms in total. The zero-order valence-electron chi connectivity index (χ0n) is 13.3. The number of carbonyl (C=O) groups is 1. The van der Waals surface area contributed by atoms with Gasteiger partial charge in [-0.3, -0.25) is 4.79 Å². The van der Waals surface area contributed by atoms with E-state index in [0.29, 0.717) is 5.56 Å². The van der Waals surface area contributed by atoms with Crippen LogP contribution in [0.1, 0.15) is 41.8 Å². The molecule has 3 rings (SSSR count). The van der Waals surface area contributed by atoms with E-state index in [2.05, 4.69) is 19.2 Å². The molecule has 0 spiro atoms. The van der Waals surface area contributed by atoms with Crippen molar-refractivity contribution in [2.75, 3.05) is 5.32 Å². The van der Waals surface area contributed by atoms with E-state index < -0.39 is 0 Å². The third-order valence-electron chi connectivity index (χ3n) is 4.09. The molecule has 1 aliphatic heterocycles. The highest BCUT2D eigenvalue weighted by Crippen LogP contribution is 2.34. The van der Waals surface area contributed by atoms with Gasteiger partial charge in [-0.1, -0.05) is 18.2 Å². The number of nitrogens with one attached hydrogen (secondary N) is 1. The van der Waals surface area contributed by atoms with Crippen LogP contribution in [-0.2, 0) is 6.42 Å². The van der Waals surface area contributed by atoms with Gasteiger partial charge in [-0.15, -0.1) is 0 Å². The molecule has 0 unspecified atom stereocenters. The van der Waals surface area contributed by atoms with E-state index >= 15 is 0 Å². The second kappa shape index (κ2) is 5.48. The van der Waals surface area contributed by atoms with Crippen molar-refractivity contribution < 1.29 is 9.53 Å². The Morgan fingerprint density at radius 2 is 1.95 bits per heavy atom. The number of ether oxygens (including phenoxy) is 1. The largest absolute Gasteiger partial charge is 0.488 e. The lowest BCUT2D eigenvalue weighted by atomic mass is 9.94. The predicted molar refractivity (Wildman–Crippen MR) is 88.6 cm³/mol. The molecule has 1 amide bonds. The van der Waals surface area contributed by atoms with Gasteiger partial charge in [0.05, 0.1) is 0 Å². The molecule has 1 heterocycles. The smallest absolute Gasteiger partial charge is 0.255 e. The van der Waals surface area contributed by atoms with E-state index in [1.165, 1.54) is 0 Å². The molecule has 2 aromatic rings.